The summed E-state index contributed by atoms with van der Waals surface area (Å²) in [6.07, 6.45) is 2.48. The number of carbonyl (C=O) groups excluding carboxylic acids is 5. The number of carboxylic acids is 2. The van der Waals surface area contributed by atoms with Crippen molar-refractivity contribution in [1.82, 2.24) is 26.2 Å². The second-order valence-corrected chi connectivity index (χ2v) is 19.8. The van der Waals surface area contributed by atoms with E-state index in [1.807, 2.05) is 0 Å². The summed E-state index contributed by atoms with van der Waals surface area (Å²) in [6, 6.07) is 0.233. The second-order valence-electron chi connectivity index (χ2n) is 19.8. The molecule has 5 fully saturated rings. The molecule has 0 spiro atoms. The Morgan fingerprint density at radius 1 is 0.873 bits per heavy atom. The van der Waals surface area contributed by atoms with Crippen molar-refractivity contribution in [1.29, 1.82) is 0 Å². The zero-order valence-corrected chi connectivity index (χ0v) is 38.3. The molecule has 18 heteroatoms. The molecule has 348 valence electrons. The molecule has 10 atom stereocenters. The van der Waals surface area contributed by atoms with Gasteiger partial charge in [-0.2, -0.15) is 0 Å². The molecule has 1 aromatic carbocycles. The lowest BCUT2D eigenvalue weighted by atomic mass is 9.43. The molecule has 5 aliphatic rings. The van der Waals surface area contributed by atoms with Crippen LogP contribution in [0.5, 0.6) is 0 Å². The van der Waals surface area contributed by atoms with Gasteiger partial charge in [-0.1, -0.05) is 65.3 Å². The van der Waals surface area contributed by atoms with Gasteiger partial charge in [0.05, 0.1) is 30.1 Å². The molecular weight excluding hydrogens is 811 g/mol. The standard InChI is InChI=1S/C45H69BN6O11/c1-23(2)37(50-40(58)30(15-17-35(53)54)48-39(57)29(47)22-36(55)56)42(60)51-38(24(3)4)43(61)52-18-10-11-31(52)41(59)49-34(16-14-27-13-12-25(5)19-26(27)6)46-62-33-21-28-20-32(44(28,7)8)45(33,9)63-46/h12-13,19,23-24,28-34,37-38H,10-11,14-18,20-22,47H2,1-9H3,(H,48,57)(H,49,59)(H,50,58)(H,51,60)(H,53,54)(H,55,56)/t28?,29-,30-,31-,32?,33?,34?,37-,38-,45?/m0/s1. The summed E-state index contributed by atoms with van der Waals surface area (Å²) in [5, 5.41) is 29.3. The average Bonchev–Trinajstić information content (AvgIpc) is 3.83. The number of likely N-dealkylation sites (tertiary alicyclic amines) is 1. The maximum absolute atomic E-state index is 14.4. The summed E-state index contributed by atoms with van der Waals surface area (Å²) in [6.45, 7) is 18.0. The van der Waals surface area contributed by atoms with E-state index in [1.165, 1.54) is 4.90 Å². The minimum absolute atomic E-state index is 0.0873. The SMILES string of the molecule is Cc1ccc(CCC(NC(=O)[C@@H]2CCCN2C(=O)[C@@H](NC(=O)[C@@H](NC(=O)[C@H](CCC(=O)O)NC(=O)[C@@H](N)CC(=O)O)C(C)C)C(C)C)B2OC3CC4CC(C4(C)C)C3(C)O2)c(C)c1. The highest BCUT2D eigenvalue weighted by atomic mass is 16.7. The van der Waals surface area contributed by atoms with Crippen LogP contribution >= 0.6 is 0 Å². The van der Waals surface area contributed by atoms with Crippen LogP contribution in [0.4, 0.5) is 0 Å². The van der Waals surface area contributed by atoms with Crippen molar-refractivity contribution in [3.63, 3.8) is 0 Å². The molecule has 8 N–H and O–H groups in total. The Kier molecular flexibility index (Phi) is 15.8. The van der Waals surface area contributed by atoms with Crippen molar-refractivity contribution in [2.45, 2.75) is 168 Å². The summed E-state index contributed by atoms with van der Waals surface area (Å²) < 4.78 is 13.6. The molecule has 2 bridgehead atoms. The van der Waals surface area contributed by atoms with Crippen molar-refractivity contribution in [3.8, 4) is 0 Å². The normalized spacial score (nSPS) is 25.8. The number of aliphatic carboxylic acids is 2. The van der Waals surface area contributed by atoms with Crippen LogP contribution in [0.3, 0.4) is 0 Å². The second kappa shape index (κ2) is 20.1. The number of rotatable bonds is 20. The van der Waals surface area contributed by atoms with Crippen LogP contribution in [0.2, 0.25) is 0 Å². The number of hydrogen-bond donors (Lipinski definition) is 7. The molecule has 0 radical (unpaired) electrons. The monoisotopic (exact) mass is 881 g/mol. The maximum atomic E-state index is 14.4. The van der Waals surface area contributed by atoms with Gasteiger partial charge in [0.25, 0.3) is 0 Å². The van der Waals surface area contributed by atoms with Crippen LogP contribution in [0, 0.1) is 42.9 Å². The van der Waals surface area contributed by atoms with Crippen molar-refractivity contribution >= 4 is 48.6 Å². The van der Waals surface area contributed by atoms with Gasteiger partial charge in [-0.25, -0.2) is 0 Å². The van der Waals surface area contributed by atoms with Crippen LogP contribution < -0.4 is 27.0 Å². The summed E-state index contributed by atoms with van der Waals surface area (Å²) >= 11 is 0. The number of carboxylic acid groups (broad SMARTS) is 2. The fourth-order valence-corrected chi connectivity index (χ4v) is 10.2. The maximum Gasteiger partial charge on any atom is 0.481 e. The lowest BCUT2D eigenvalue weighted by Crippen LogP contribution is -2.65. The summed E-state index contributed by atoms with van der Waals surface area (Å²) in [7, 11) is -0.681. The lowest BCUT2D eigenvalue weighted by Gasteiger charge is -2.64. The topological polar surface area (TPSA) is 256 Å². The van der Waals surface area contributed by atoms with Crippen LogP contribution in [-0.2, 0) is 49.3 Å². The first kappa shape index (κ1) is 49.5. The van der Waals surface area contributed by atoms with Crippen molar-refractivity contribution in [2.75, 3.05) is 6.54 Å². The van der Waals surface area contributed by atoms with Crippen molar-refractivity contribution in [2.24, 2.45) is 34.8 Å². The Labute approximate surface area is 371 Å². The largest absolute Gasteiger partial charge is 0.481 e. The number of carbonyl (C=O) groups is 7. The molecule has 2 saturated heterocycles. The van der Waals surface area contributed by atoms with E-state index in [9.17, 15) is 38.7 Å². The molecule has 2 heterocycles. The van der Waals surface area contributed by atoms with Crippen LogP contribution in [0.1, 0.15) is 117 Å². The van der Waals surface area contributed by atoms with E-state index in [4.69, 9.17) is 20.1 Å². The fraction of sp³-hybridized carbons (Fsp3) is 0.711. The molecule has 0 aromatic heterocycles. The highest BCUT2D eigenvalue weighted by molar-refractivity contribution is 6.48. The van der Waals surface area contributed by atoms with Crippen LogP contribution in [-0.4, -0.2) is 118 Å². The van der Waals surface area contributed by atoms with Gasteiger partial charge in [0, 0.05) is 13.0 Å². The van der Waals surface area contributed by atoms with Gasteiger partial charge in [-0.05, 0) is 106 Å². The Hall–Kier alpha value is -4.55. The van der Waals surface area contributed by atoms with E-state index in [2.05, 4.69) is 74.1 Å². The van der Waals surface area contributed by atoms with Gasteiger partial charge in [-0.3, -0.25) is 33.6 Å². The fourth-order valence-electron chi connectivity index (χ4n) is 10.2. The van der Waals surface area contributed by atoms with Gasteiger partial charge in [-0.15, -0.1) is 0 Å². The Balaban J connectivity index is 1.29. The molecule has 6 rings (SSSR count). The molecule has 5 unspecified atom stereocenters. The van der Waals surface area contributed by atoms with Crippen molar-refractivity contribution < 1.29 is 53.1 Å². The molecule has 1 aromatic rings. The number of nitrogens with one attached hydrogen (secondary N) is 4. The van der Waals surface area contributed by atoms with E-state index < -0.39 is 109 Å². The van der Waals surface area contributed by atoms with E-state index in [0.29, 0.717) is 37.5 Å². The van der Waals surface area contributed by atoms with E-state index in [0.717, 1.165) is 29.5 Å². The summed E-state index contributed by atoms with van der Waals surface area (Å²) in [5.41, 5.74) is 8.81. The molecule has 3 aliphatic carbocycles. The first-order valence-electron chi connectivity index (χ1n) is 22.5. The smallest absolute Gasteiger partial charge is 0.481 e. The summed E-state index contributed by atoms with van der Waals surface area (Å²) in [5.74, 6) is -6.53. The predicted octanol–water partition coefficient (Wildman–Crippen LogP) is 2.41. The van der Waals surface area contributed by atoms with E-state index >= 15 is 0 Å². The summed E-state index contributed by atoms with van der Waals surface area (Å²) in [4.78, 5) is 93.0. The molecular formula is C45H69BN6O11. The zero-order chi connectivity index (χ0) is 46.7. The van der Waals surface area contributed by atoms with E-state index in [-0.39, 0.29) is 30.4 Å². The zero-order valence-electron chi connectivity index (χ0n) is 38.3. The Bertz CT molecular complexity index is 1910. The third-order valence-electron chi connectivity index (χ3n) is 14.2. The number of nitrogens with two attached hydrogens (primary N) is 1. The number of benzene rings is 1. The quantitative estimate of drug-likeness (QED) is 0.0933. The highest BCUT2D eigenvalue weighted by Crippen LogP contribution is 2.65. The third-order valence-corrected chi connectivity index (χ3v) is 14.2. The molecule has 5 amide bonds. The highest BCUT2D eigenvalue weighted by Gasteiger charge is 2.68. The van der Waals surface area contributed by atoms with Gasteiger partial charge in [0.15, 0.2) is 0 Å². The molecule has 17 nitrogen and oxygen atoms in total. The first-order valence-corrected chi connectivity index (χ1v) is 22.5. The predicted molar refractivity (Wildman–Crippen MR) is 234 cm³/mol. The third kappa shape index (κ3) is 11.2. The van der Waals surface area contributed by atoms with E-state index in [1.54, 1.807) is 27.7 Å². The molecule has 3 saturated carbocycles. The number of amides is 5. The molecule has 2 aliphatic heterocycles. The minimum atomic E-state index is -1.51. The van der Waals surface area contributed by atoms with Gasteiger partial charge >= 0.3 is 19.1 Å². The minimum Gasteiger partial charge on any atom is -0.481 e. The van der Waals surface area contributed by atoms with Gasteiger partial charge < -0.3 is 51.4 Å². The van der Waals surface area contributed by atoms with Crippen LogP contribution in [0.15, 0.2) is 18.2 Å². The number of hydrogen-bond acceptors (Lipinski definition) is 10. The van der Waals surface area contributed by atoms with Gasteiger partial charge in [0.1, 0.15) is 24.2 Å². The lowest BCUT2D eigenvalue weighted by molar-refractivity contribution is -0.199. The Morgan fingerprint density at radius 2 is 1.54 bits per heavy atom. The number of aryl methyl sites for hydroxylation is 3. The Morgan fingerprint density at radius 3 is 2.14 bits per heavy atom. The first-order chi connectivity index (χ1) is 29.4. The molecule has 63 heavy (non-hydrogen) atoms. The number of nitrogens with zero attached hydrogens (tertiary/aromatic N) is 1. The van der Waals surface area contributed by atoms with Crippen molar-refractivity contribution in [3.05, 3.63) is 34.9 Å². The average molecular weight is 881 g/mol. The van der Waals surface area contributed by atoms with Gasteiger partial charge in [0.2, 0.25) is 29.5 Å². The van der Waals surface area contributed by atoms with Crippen LogP contribution in [0.25, 0.3) is 0 Å².